The maximum atomic E-state index is 12.9. The van der Waals surface area contributed by atoms with Crippen molar-refractivity contribution in [1.29, 1.82) is 0 Å². The van der Waals surface area contributed by atoms with Crippen LogP contribution < -0.4 is 10.1 Å². The second kappa shape index (κ2) is 7.59. The highest BCUT2D eigenvalue weighted by Gasteiger charge is 2.42. The van der Waals surface area contributed by atoms with Crippen LogP contribution in [0.1, 0.15) is 49.8 Å². The molecule has 0 aliphatic heterocycles. The number of hydrogen-bond acceptors (Lipinski definition) is 6. The summed E-state index contributed by atoms with van der Waals surface area (Å²) in [4.78, 5) is 21.8. The van der Waals surface area contributed by atoms with Crippen LogP contribution in [0.3, 0.4) is 0 Å². The molecule has 8 heteroatoms. The van der Waals surface area contributed by atoms with Gasteiger partial charge in [-0.05, 0) is 31.1 Å². The predicted molar refractivity (Wildman–Crippen MR) is 111 cm³/mol. The minimum absolute atomic E-state index is 0.163. The molecule has 1 aromatic heterocycles. The van der Waals surface area contributed by atoms with Gasteiger partial charge >= 0.3 is 0 Å². The first kappa shape index (κ1) is 21.0. The van der Waals surface area contributed by atoms with Crippen LogP contribution in [-0.2, 0) is 15.3 Å². The van der Waals surface area contributed by atoms with Crippen molar-refractivity contribution < 1.29 is 17.9 Å². The second-order valence-electron chi connectivity index (χ2n) is 8.32. The van der Waals surface area contributed by atoms with Gasteiger partial charge in [0.25, 0.3) is 5.91 Å². The summed E-state index contributed by atoms with van der Waals surface area (Å²) in [6, 6.07) is 9.08. The number of ether oxygens (including phenoxy) is 1. The van der Waals surface area contributed by atoms with Crippen LogP contribution in [0.25, 0.3) is 0 Å². The second-order valence-corrected chi connectivity index (χ2v) is 10.3. The van der Waals surface area contributed by atoms with Gasteiger partial charge in [0.1, 0.15) is 17.1 Å². The lowest BCUT2D eigenvalue weighted by atomic mass is 9.95. The SMILES string of the molecule is CC(C)(C)c1ncc(C(=O)NC2(/C=C/S(C)(=O)=O)CC2)c(Oc2ccccc2)n1. The molecule has 0 unspecified atom stereocenters. The number of carbonyl (C=O) groups is 1. The topological polar surface area (TPSA) is 98.2 Å². The largest absolute Gasteiger partial charge is 0.438 e. The van der Waals surface area contributed by atoms with Crippen LogP contribution in [0.4, 0.5) is 0 Å². The van der Waals surface area contributed by atoms with E-state index in [2.05, 4.69) is 15.3 Å². The zero-order chi connectivity index (χ0) is 21.3. The monoisotopic (exact) mass is 415 g/mol. The van der Waals surface area contributed by atoms with Crippen molar-refractivity contribution in [2.24, 2.45) is 0 Å². The normalized spacial score (nSPS) is 15.9. The summed E-state index contributed by atoms with van der Waals surface area (Å²) < 4.78 is 28.7. The number of nitrogens with one attached hydrogen (secondary N) is 1. The summed E-state index contributed by atoms with van der Waals surface area (Å²) in [5, 5.41) is 4.02. The molecule has 0 saturated heterocycles. The van der Waals surface area contributed by atoms with Crippen LogP contribution >= 0.6 is 0 Å². The standard InChI is InChI=1S/C21H25N3O4S/c1-20(2,3)19-22-14-16(18(23-19)28-15-8-6-5-7-9-15)17(25)24-21(10-11-21)12-13-29(4,26)27/h5-9,12-14H,10-11H2,1-4H3,(H,24,25)/b13-12+. The van der Waals surface area contributed by atoms with Crippen molar-refractivity contribution in [3.63, 3.8) is 0 Å². The molecule has 1 aliphatic rings. The smallest absolute Gasteiger partial charge is 0.259 e. The van der Waals surface area contributed by atoms with Gasteiger partial charge in [0.15, 0.2) is 9.84 Å². The fourth-order valence-corrected chi connectivity index (χ4v) is 3.08. The van der Waals surface area contributed by atoms with Crippen LogP contribution in [0.5, 0.6) is 11.6 Å². The molecule has 3 rings (SSSR count). The number of rotatable bonds is 6. The third-order valence-electron chi connectivity index (χ3n) is 4.41. The van der Waals surface area contributed by atoms with Gasteiger partial charge in [-0.1, -0.05) is 39.0 Å². The van der Waals surface area contributed by atoms with E-state index in [0.717, 1.165) is 11.7 Å². The molecule has 1 N–H and O–H groups in total. The van der Waals surface area contributed by atoms with Gasteiger partial charge in [0.05, 0.1) is 5.54 Å². The van der Waals surface area contributed by atoms with Crippen molar-refractivity contribution in [2.75, 3.05) is 6.26 Å². The van der Waals surface area contributed by atoms with Crippen molar-refractivity contribution in [1.82, 2.24) is 15.3 Å². The quantitative estimate of drug-likeness (QED) is 0.777. The summed E-state index contributed by atoms with van der Waals surface area (Å²) in [5.41, 5.74) is -0.784. The Morgan fingerprint density at radius 3 is 2.41 bits per heavy atom. The molecule has 1 amide bonds. The molecule has 0 radical (unpaired) electrons. The molecule has 0 atom stereocenters. The number of aromatic nitrogens is 2. The van der Waals surface area contributed by atoms with Gasteiger partial charge in [-0.15, -0.1) is 0 Å². The van der Waals surface area contributed by atoms with Crippen LogP contribution in [0.15, 0.2) is 48.0 Å². The van der Waals surface area contributed by atoms with Gasteiger partial charge in [0.2, 0.25) is 5.88 Å². The fraction of sp³-hybridized carbons (Fsp3) is 0.381. The van der Waals surface area contributed by atoms with E-state index in [0.29, 0.717) is 24.4 Å². The van der Waals surface area contributed by atoms with Gasteiger partial charge in [0, 0.05) is 23.3 Å². The Labute approximate surface area is 171 Å². The first-order chi connectivity index (χ1) is 13.5. The highest BCUT2D eigenvalue weighted by atomic mass is 32.2. The molecule has 0 bridgehead atoms. The molecule has 154 valence electrons. The van der Waals surface area contributed by atoms with E-state index < -0.39 is 21.3 Å². The molecule has 2 aromatic rings. The predicted octanol–water partition coefficient (Wildman–Crippen LogP) is 3.39. The third-order valence-corrected chi connectivity index (χ3v) is 5.04. The highest BCUT2D eigenvalue weighted by molar-refractivity contribution is 7.93. The number of amides is 1. The molecule has 7 nitrogen and oxygen atoms in total. The molecule has 29 heavy (non-hydrogen) atoms. The Bertz CT molecular complexity index is 1040. The number of para-hydroxylation sites is 1. The van der Waals surface area contributed by atoms with Crippen molar-refractivity contribution >= 4 is 15.7 Å². The fourth-order valence-electron chi connectivity index (χ4n) is 2.58. The Balaban J connectivity index is 1.91. The Morgan fingerprint density at radius 1 is 1.21 bits per heavy atom. The third kappa shape index (κ3) is 5.63. The summed E-state index contributed by atoms with van der Waals surface area (Å²) in [7, 11) is -3.27. The molecule has 1 saturated carbocycles. The van der Waals surface area contributed by atoms with Gasteiger partial charge in [-0.25, -0.2) is 13.4 Å². The van der Waals surface area contributed by atoms with Crippen LogP contribution in [-0.4, -0.2) is 36.1 Å². The van der Waals surface area contributed by atoms with Gasteiger partial charge in [-0.3, -0.25) is 4.79 Å². The lowest BCUT2D eigenvalue weighted by Gasteiger charge is -2.19. The molecule has 1 fully saturated rings. The van der Waals surface area contributed by atoms with E-state index in [1.54, 1.807) is 12.1 Å². The molecular formula is C21H25N3O4S. The number of carbonyl (C=O) groups excluding carboxylic acids is 1. The Hall–Kier alpha value is -2.74. The highest BCUT2D eigenvalue weighted by Crippen LogP contribution is 2.38. The van der Waals surface area contributed by atoms with E-state index in [4.69, 9.17) is 4.74 Å². The maximum Gasteiger partial charge on any atom is 0.259 e. The summed E-state index contributed by atoms with van der Waals surface area (Å²) in [5.74, 6) is 0.861. The number of hydrogen-bond donors (Lipinski definition) is 1. The van der Waals surface area contributed by atoms with Crippen molar-refractivity contribution in [3.05, 3.63) is 59.4 Å². The summed E-state index contributed by atoms with van der Waals surface area (Å²) in [6.45, 7) is 5.93. The van der Waals surface area contributed by atoms with Crippen LogP contribution in [0.2, 0.25) is 0 Å². The van der Waals surface area contributed by atoms with E-state index >= 15 is 0 Å². The van der Waals surface area contributed by atoms with E-state index in [9.17, 15) is 13.2 Å². The molecule has 1 aromatic carbocycles. The van der Waals surface area contributed by atoms with Gasteiger partial charge in [-0.2, -0.15) is 4.98 Å². The lowest BCUT2D eigenvalue weighted by molar-refractivity contribution is 0.0936. The van der Waals surface area contributed by atoms with Gasteiger partial charge < -0.3 is 10.1 Å². The van der Waals surface area contributed by atoms with E-state index in [1.165, 1.54) is 12.3 Å². The molecule has 0 spiro atoms. The minimum Gasteiger partial charge on any atom is -0.438 e. The average Bonchev–Trinajstić information content (AvgIpc) is 3.39. The van der Waals surface area contributed by atoms with E-state index in [-0.39, 0.29) is 16.9 Å². The van der Waals surface area contributed by atoms with E-state index in [1.807, 2.05) is 39.0 Å². The van der Waals surface area contributed by atoms with Crippen molar-refractivity contribution in [3.8, 4) is 11.6 Å². The van der Waals surface area contributed by atoms with Crippen LogP contribution in [0, 0.1) is 0 Å². The molecule has 1 heterocycles. The molecule has 1 aliphatic carbocycles. The number of nitrogens with zero attached hydrogens (tertiary/aromatic N) is 2. The zero-order valence-corrected chi connectivity index (χ0v) is 17.8. The minimum atomic E-state index is -3.27. The first-order valence-corrected chi connectivity index (χ1v) is 11.3. The Morgan fingerprint density at radius 2 is 1.86 bits per heavy atom. The Kier molecular flexibility index (Phi) is 5.49. The molecular weight excluding hydrogens is 390 g/mol. The lowest BCUT2D eigenvalue weighted by Crippen LogP contribution is -2.36. The zero-order valence-electron chi connectivity index (χ0n) is 17.0. The maximum absolute atomic E-state index is 12.9. The first-order valence-electron chi connectivity index (χ1n) is 9.30. The summed E-state index contributed by atoms with van der Waals surface area (Å²) >= 11 is 0. The summed E-state index contributed by atoms with van der Waals surface area (Å²) in [6.07, 6.45) is 5.44. The number of benzene rings is 1. The number of sulfone groups is 1. The van der Waals surface area contributed by atoms with Crippen molar-refractivity contribution in [2.45, 2.75) is 44.6 Å². The average molecular weight is 416 g/mol.